The molecule has 2 aromatic carbocycles. The molecule has 41 heavy (non-hydrogen) atoms. The number of aromatic nitrogens is 1. The summed E-state index contributed by atoms with van der Waals surface area (Å²) < 4.78 is 44.2. The van der Waals surface area contributed by atoms with Crippen LogP contribution >= 0.6 is 22.6 Å². The van der Waals surface area contributed by atoms with E-state index in [1.165, 1.54) is 22.5 Å². The van der Waals surface area contributed by atoms with Crippen molar-refractivity contribution in [3.63, 3.8) is 0 Å². The van der Waals surface area contributed by atoms with Crippen LogP contribution in [0.3, 0.4) is 0 Å². The molecule has 0 radical (unpaired) electrons. The molecule has 3 heterocycles. The molecule has 0 spiro atoms. The van der Waals surface area contributed by atoms with Gasteiger partial charge in [0.2, 0.25) is 5.91 Å². The van der Waals surface area contributed by atoms with Crippen LogP contribution in [0.25, 0.3) is 11.3 Å². The average Bonchev–Trinajstić information content (AvgIpc) is 2.92. The third-order valence-electron chi connectivity index (χ3n) is 7.29. The first-order valence-corrected chi connectivity index (χ1v) is 15.0. The molecule has 216 valence electrons. The molecule has 2 aliphatic heterocycles. The van der Waals surface area contributed by atoms with E-state index in [0.29, 0.717) is 30.9 Å². The fourth-order valence-electron chi connectivity index (χ4n) is 5.30. The zero-order valence-electron chi connectivity index (χ0n) is 23.0. The first kappa shape index (κ1) is 28.9. The smallest absolute Gasteiger partial charge is 0.246 e. The lowest BCUT2D eigenvalue weighted by Gasteiger charge is -2.48. The molecule has 1 fully saturated rings. The summed E-state index contributed by atoms with van der Waals surface area (Å²) in [5.74, 6) is -0.331. The molecule has 0 unspecified atom stereocenters. The molecular formula is C29H32ClFN6O3S. The predicted molar refractivity (Wildman–Crippen MR) is 164 cm³/mol. The van der Waals surface area contributed by atoms with Gasteiger partial charge < -0.3 is 15.5 Å². The first-order valence-electron chi connectivity index (χ1n) is 13.1. The fraction of sp³-hybridized carbons (Fsp3) is 0.276. The highest BCUT2D eigenvalue weighted by molar-refractivity contribution is 8.24. The van der Waals surface area contributed by atoms with E-state index in [1.54, 1.807) is 29.2 Å². The largest absolute Gasteiger partial charge is 0.398 e. The highest BCUT2D eigenvalue weighted by Crippen LogP contribution is 2.58. The Morgan fingerprint density at radius 3 is 2.61 bits per heavy atom. The number of halogens is 2. The second-order valence-electron chi connectivity index (χ2n) is 10.3. The topological polar surface area (TPSA) is 119 Å². The van der Waals surface area contributed by atoms with Gasteiger partial charge in [-0.2, -0.15) is 0 Å². The summed E-state index contributed by atoms with van der Waals surface area (Å²) in [4.78, 5) is 20.6. The second kappa shape index (κ2) is 11.0. The van der Waals surface area contributed by atoms with Crippen molar-refractivity contribution >= 4 is 51.5 Å². The number of piperazine rings is 1. The van der Waals surface area contributed by atoms with Gasteiger partial charge in [-0.1, -0.05) is 56.3 Å². The molecule has 12 heteroatoms. The van der Waals surface area contributed by atoms with Crippen LogP contribution in [-0.2, 0) is 4.79 Å². The Hall–Kier alpha value is -3.64. The van der Waals surface area contributed by atoms with E-state index in [1.807, 2.05) is 37.8 Å². The third kappa shape index (κ3) is 5.14. The predicted octanol–water partition coefficient (Wildman–Crippen LogP) is 6.44. The summed E-state index contributed by atoms with van der Waals surface area (Å²) in [7, 11) is -3.88. The van der Waals surface area contributed by atoms with Crippen molar-refractivity contribution < 1.29 is 18.3 Å². The third-order valence-corrected chi connectivity index (χ3v) is 8.85. The lowest BCUT2D eigenvalue weighted by atomic mass is 10.0. The molecule has 1 atom stereocenters. The van der Waals surface area contributed by atoms with Gasteiger partial charge in [-0.05, 0) is 59.7 Å². The van der Waals surface area contributed by atoms with Gasteiger partial charge in [-0.3, -0.25) is 13.9 Å². The molecule has 0 saturated carbocycles. The van der Waals surface area contributed by atoms with Crippen LogP contribution in [0.4, 0.5) is 21.6 Å². The number of amidine groups is 1. The molecule has 9 nitrogen and oxygen atoms in total. The molecule has 4 N–H and O–H groups in total. The van der Waals surface area contributed by atoms with Gasteiger partial charge in [0, 0.05) is 31.4 Å². The van der Waals surface area contributed by atoms with Crippen LogP contribution in [0.5, 0.6) is 0 Å². The lowest BCUT2D eigenvalue weighted by molar-refractivity contribution is -0.128. The number of nitrogens with two attached hydrogens (primary N) is 1. The summed E-state index contributed by atoms with van der Waals surface area (Å²) >= 11 is 6.75. The number of hydrogen-bond donors (Lipinski definition) is 3. The summed E-state index contributed by atoms with van der Waals surface area (Å²) in [5.41, 5.74) is 8.16. The SMILES string of the molecule is C=CC(=O)N1CCN(C2=NS(O)(O)N(c3ccccc3C(C)C)c3nc(-c4c(N)cccc4F)c(Cl)cc32)[C@@H](C)C1. The van der Waals surface area contributed by atoms with Crippen molar-refractivity contribution in [1.29, 1.82) is 0 Å². The van der Waals surface area contributed by atoms with Gasteiger partial charge in [-0.25, -0.2) is 13.7 Å². The van der Waals surface area contributed by atoms with Crippen LogP contribution in [0.15, 0.2) is 65.6 Å². The van der Waals surface area contributed by atoms with Crippen molar-refractivity contribution in [2.75, 3.05) is 29.7 Å². The summed E-state index contributed by atoms with van der Waals surface area (Å²) in [6.07, 6.45) is 1.27. The van der Waals surface area contributed by atoms with Gasteiger partial charge in [0.1, 0.15) is 5.82 Å². The number of hydrogen-bond acceptors (Lipinski definition) is 8. The Morgan fingerprint density at radius 1 is 1.22 bits per heavy atom. The molecule has 3 aromatic rings. The maximum absolute atomic E-state index is 15.1. The molecule has 2 aliphatic rings. The number of para-hydroxylation sites is 1. The maximum Gasteiger partial charge on any atom is 0.246 e. The van der Waals surface area contributed by atoms with E-state index in [4.69, 9.17) is 22.3 Å². The number of amides is 1. The Balaban J connectivity index is 1.74. The van der Waals surface area contributed by atoms with Crippen LogP contribution < -0.4 is 10.0 Å². The highest BCUT2D eigenvalue weighted by Gasteiger charge is 2.41. The zero-order chi connectivity index (χ0) is 29.6. The van der Waals surface area contributed by atoms with Crippen molar-refractivity contribution in [2.45, 2.75) is 32.7 Å². The number of nitrogen functional groups attached to an aromatic ring is 1. The maximum atomic E-state index is 15.1. The van der Waals surface area contributed by atoms with E-state index in [-0.39, 0.29) is 51.5 Å². The van der Waals surface area contributed by atoms with Gasteiger partial charge in [0.15, 0.2) is 11.7 Å². The van der Waals surface area contributed by atoms with Crippen LogP contribution in [0.2, 0.25) is 5.02 Å². The number of nitrogens with zero attached hydrogens (tertiary/aromatic N) is 5. The lowest BCUT2D eigenvalue weighted by Crippen LogP contribution is -2.56. The summed E-state index contributed by atoms with van der Waals surface area (Å²) in [6, 6.07) is 13.0. The molecule has 0 bridgehead atoms. The molecule has 1 saturated heterocycles. The van der Waals surface area contributed by atoms with E-state index < -0.39 is 16.8 Å². The van der Waals surface area contributed by atoms with Gasteiger partial charge in [0.05, 0.1) is 27.5 Å². The number of anilines is 3. The summed E-state index contributed by atoms with van der Waals surface area (Å²) in [5, 5.41) is 0.122. The quantitative estimate of drug-likeness (QED) is 0.233. The number of benzene rings is 2. The minimum atomic E-state index is -3.88. The van der Waals surface area contributed by atoms with Gasteiger partial charge in [-0.15, -0.1) is 4.40 Å². The van der Waals surface area contributed by atoms with Crippen molar-refractivity contribution in [1.82, 2.24) is 14.8 Å². The number of carbonyl (C=O) groups is 1. The van der Waals surface area contributed by atoms with Gasteiger partial charge >= 0.3 is 0 Å². The number of fused-ring (bicyclic) bond motifs is 1. The van der Waals surface area contributed by atoms with Crippen molar-refractivity contribution in [2.24, 2.45) is 4.40 Å². The fourth-order valence-corrected chi connectivity index (χ4v) is 6.87. The number of rotatable bonds is 4. The Kier molecular flexibility index (Phi) is 7.73. The van der Waals surface area contributed by atoms with Crippen LogP contribution in [0.1, 0.15) is 37.8 Å². The van der Waals surface area contributed by atoms with Gasteiger partial charge in [0.25, 0.3) is 0 Å². The normalized spacial score (nSPS) is 19.1. The Labute approximate surface area is 245 Å². The Bertz CT molecular complexity index is 1550. The standard InChI is InChI=1S/C29H32ClFN6O3S/c1-5-25(38)35-13-14-36(18(4)16-35)29-20-15-21(30)27(26-22(31)10-8-11-23(26)32)33-28(20)37(41(39,40)34-29)24-12-7-6-9-19(24)17(2)3/h5-12,15,17-18,39-40H,1,13-14,16,32H2,2-4H3/t18-/m0/s1. The first-order chi connectivity index (χ1) is 19.4. The summed E-state index contributed by atoms with van der Waals surface area (Å²) in [6.45, 7) is 10.6. The van der Waals surface area contributed by atoms with E-state index >= 15 is 4.39 Å². The van der Waals surface area contributed by atoms with Crippen molar-refractivity contribution in [3.05, 3.63) is 83.2 Å². The number of pyridine rings is 1. The average molecular weight is 599 g/mol. The van der Waals surface area contributed by atoms with E-state index in [9.17, 15) is 13.9 Å². The minimum Gasteiger partial charge on any atom is -0.398 e. The van der Waals surface area contributed by atoms with E-state index in [0.717, 1.165) is 5.56 Å². The van der Waals surface area contributed by atoms with Crippen molar-refractivity contribution in [3.8, 4) is 11.3 Å². The second-order valence-corrected chi connectivity index (χ2v) is 12.3. The minimum absolute atomic E-state index is 0.0165. The van der Waals surface area contributed by atoms with Crippen LogP contribution in [0, 0.1) is 5.82 Å². The molecule has 0 aliphatic carbocycles. The highest BCUT2D eigenvalue weighted by atomic mass is 35.5. The molecule has 1 aromatic heterocycles. The van der Waals surface area contributed by atoms with E-state index in [2.05, 4.69) is 11.0 Å². The van der Waals surface area contributed by atoms with Crippen LogP contribution in [-0.4, -0.2) is 61.3 Å². The zero-order valence-corrected chi connectivity index (χ0v) is 24.5. The monoisotopic (exact) mass is 598 g/mol. The molecule has 5 rings (SSSR count). The molecule has 1 amide bonds. The number of carbonyl (C=O) groups excluding carboxylic acids is 1. The molecular weight excluding hydrogens is 567 g/mol. The Morgan fingerprint density at radius 2 is 1.95 bits per heavy atom.